The minimum atomic E-state index is -0.676. The number of rotatable bonds is 5. The van der Waals surface area contributed by atoms with Crippen molar-refractivity contribution in [3.05, 3.63) is 64.0 Å². The molecule has 4 aromatic rings. The van der Waals surface area contributed by atoms with Gasteiger partial charge in [-0.3, -0.25) is 9.59 Å². The molecule has 3 aromatic heterocycles. The summed E-state index contributed by atoms with van der Waals surface area (Å²) in [6.07, 6.45) is 0.461. The highest BCUT2D eigenvalue weighted by Gasteiger charge is 2.24. The van der Waals surface area contributed by atoms with E-state index in [-0.39, 0.29) is 18.0 Å². The average molecular weight is 395 g/mol. The molecule has 1 unspecified atom stereocenters. The number of benzene rings is 1. The van der Waals surface area contributed by atoms with Crippen molar-refractivity contribution in [1.82, 2.24) is 15.1 Å². The second-order valence-electron chi connectivity index (χ2n) is 6.79. The van der Waals surface area contributed by atoms with Crippen LogP contribution < -0.4 is 10.9 Å². The van der Waals surface area contributed by atoms with Crippen molar-refractivity contribution >= 4 is 37.4 Å². The molecular formula is C21H21N3O3S. The van der Waals surface area contributed by atoms with Gasteiger partial charge in [0.1, 0.15) is 17.6 Å². The van der Waals surface area contributed by atoms with Gasteiger partial charge < -0.3 is 9.73 Å². The summed E-state index contributed by atoms with van der Waals surface area (Å²) in [6.45, 7) is 5.89. The van der Waals surface area contributed by atoms with Gasteiger partial charge in [-0.25, -0.2) is 4.68 Å². The Morgan fingerprint density at radius 2 is 2.04 bits per heavy atom. The molecule has 3 heterocycles. The molecule has 0 aliphatic rings. The van der Waals surface area contributed by atoms with Crippen LogP contribution >= 0.6 is 11.3 Å². The lowest BCUT2D eigenvalue weighted by molar-refractivity contribution is -0.125. The van der Waals surface area contributed by atoms with Crippen molar-refractivity contribution in [2.24, 2.45) is 0 Å². The Morgan fingerprint density at radius 3 is 2.75 bits per heavy atom. The van der Waals surface area contributed by atoms with E-state index in [1.807, 2.05) is 57.2 Å². The van der Waals surface area contributed by atoms with Crippen LogP contribution in [-0.4, -0.2) is 15.7 Å². The number of amides is 1. The van der Waals surface area contributed by atoms with Crippen LogP contribution in [0, 0.1) is 13.8 Å². The largest absolute Gasteiger partial charge is 0.465 e. The van der Waals surface area contributed by atoms with E-state index in [0.717, 1.165) is 26.2 Å². The van der Waals surface area contributed by atoms with E-state index < -0.39 is 6.04 Å². The van der Waals surface area contributed by atoms with Gasteiger partial charge in [0, 0.05) is 10.1 Å². The third-order valence-corrected chi connectivity index (χ3v) is 6.10. The quantitative estimate of drug-likeness (QED) is 0.552. The van der Waals surface area contributed by atoms with Crippen LogP contribution in [0.3, 0.4) is 0 Å². The van der Waals surface area contributed by atoms with Crippen molar-refractivity contribution in [3.8, 4) is 0 Å². The Morgan fingerprint density at radius 1 is 1.25 bits per heavy atom. The standard InChI is InChI=1S/C21H21N3O3S/c1-4-16(20(25)22-11-14-10-9-12(2)27-14)24-21(26)18-15-7-5-6-8-17(15)28-19(18)13(3)23-24/h5-10,16H,4,11H2,1-3H3,(H,22,25). The Balaban J connectivity index is 1.73. The van der Waals surface area contributed by atoms with Crippen LogP contribution in [0.5, 0.6) is 0 Å². The topological polar surface area (TPSA) is 77.1 Å². The van der Waals surface area contributed by atoms with E-state index in [9.17, 15) is 9.59 Å². The number of thiophene rings is 1. The molecule has 0 aliphatic heterocycles. The molecule has 28 heavy (non-hydrogen) atoms. The summed E-state index contributed by atoms with van der Waals surface area (Å²) in [5.74, 6) is 1.22. The van der Waals surface area contributed by atoms with Crippen molar-refractivity contribution in [2.75, 3.05) is 0 Å². The van der Waals surface area contributed by atoms with Gasteiger partial charge in [-0.1, -0.05) is 25.1 Å². The Hall–Kier alpha value is -2.93. The molecule has 0 saturated heterocycles. The van der Waals surface area contributed by atoms with Gasteiger partial charge in [0.15, 0.2) is 0 Å². The first-order chi connectivity index (χ1) is 13.5. The highest BCUT2D eigenvalue weighted by Crippen LogP contribution is 2.33. The first-order valence-corrected chi connectivity index (χ1v) is 10.0. The fourth-order valence-electron chi connectivity index (χ4n) is 3.43. The highest BCUT2D eigenvalue weighted by molar-refractivity contribution is 7.26. The summed E-state index contributed by atoms with van der Waals surface area (Å²) in [5.41, 5.74) is 0.526. The van der Waals surface area contributed by atoms with Crippen LogP contribution in [0.25, 0.3) is 20.2 Å². The van der Waals surface area contributed by atoms with Gasteiger partial charge in [0.05, 0.1) is 22.3 Å². The highest BCUT2D eigenvalue weighted by atomic mass is 32.1. The summed E-state index contributed by atoms with van der Waals surface area (Å²) in [7, 11) is 0. The fraction of sp³-hybridized carbons (Fsp3) is 0.286. The zero-order valence-corrected chi connectivity index (χ0v) is 16.8. The number of nitrogens with one attached hydrogen (secondary N) is 1. The maximum Gasteiger partial charge on any atom is 0.276 e. The molecule has 0 spiro atoms. The van der Waals surface area contributed by atoms with Crippen molar-refractivity contribution in [3.63, 3.8) is 0 Å². The number of carbonyl (C=O) groups is 1. The lowest BCUT2D eigenvalue weighted by Gasteiger charge is -2.17. The van der Waals surface area contributed by atoms with Crippen LogP contribution in [-0.2, 0) is 11.3 Å². The lowest BCUT2D eigenvalue weighted by atomic mass is 10.1. The van der Waals surface area contributed by atoms with Crippen LogP contribution in [0.2, 0.25) is 0 Å². The second kappa shape index (κ2) is 7.24. The second-order valence-corrected chi connectivity index (χ2v) is 7.84. The predicted octanol–water partition coefficient (Wildman–Crippen LogP) is 4.09. The summed E-state index contributed by atoms with van der Waals surface area (Å²) in [4.78, 5) is 26.1. The maximum atomic E-state index is 13.2. The number of hydrogen-bond acceptors (Lipinski definition) is 5. The number of aryl methyl sites for hydroxylation is 2. The fourth-order valence-corrected chi connectivity index (χ4v) is 4.57. The van der Waals surface area contributed by atoms with Gasteiger partial charge >= 0.3 is 0 Å². The molecule has 1 aromatic carbocycles. The predicted molar refractivity (Wildman–Crippen MR) is 111 cm³/mol. The Bertz CT molecular complexity index is 1230. The number of furan rings is 1. The van der Waals surface area contributed by atoms with Gasteiger partial charge in [0.25, 0.3) is 5.56 Å². The number of carbonyl (C=O) groups excluding carboxylic acids is 1. The number of nitrogens with zero attached hydrogens (tertiary/aromatic N) is 2. The smallest absolute Gasteiger partial charge is 0.276 e. The van der Waals surface area contributed by atoms with E-state index in [1.54, 1.807) is 11.3 Å². The summed E-state index contributed by atoms with van der Waals surface area (Å²) in [6, 6.07) is 10.8. The van der Waals surface area contributed by atoms with Crippen molar-refractivity contribution < 1.29 is 9.21 Å². The Kier molecular flexibility index (Phi) is 4.77. The lowest BCUT2D eigenvalue weighted by Crippen LogP contribution is -2.38. The van der Waals surface area contributed by atoms with Gasteiger partial charge in [-0.05, 0) is 38.5 Å². The van der Waals surface area contributed by atoms with Gasteiger partial charge in [-0.2, -0.15) is 5.10 Å². The zero-order chi connectivity index (χ0) is 19.8. The summed E-state index contributed by atoms with van der Waals surface area (Å²) < 4.78 is 8.75. The molecule has 0 fully saturated rings. The maximum absolute atomic E-state index is 13.2. The molecule has 4 rings (SSSR count). The summed E-state index contributed by atoms with van der Waals surface area (Å²) >= 11 is 1.56. The van der Waals surface area contributed by atoms with E-state index in [2.05, 4.69) is 10.4 Å². The van der Waals surface area contributed by atoms with E-state index in [1.165, 1.54) is 4.68 Å². The third-order valence-electron chi connectivity index (χ3n) is 4.82. The number of aromatic nitrogens is 2. The molecule has 0 saturated carbocycles. The Labute approximate surface area is 165 Å². The van der Waals surface area contributed by atoms with Gasteiger partial charge in [0.2, 0.25) is 5.91 Å². The normalized spacial score (nSPS) is 12.5. The first kappa shape index (κ1) is 18.4. The van der Waals surface area contributed by atoms with Crippen LogP contribution in [0.1, 0.15) is 36.6 Å². The molecule has 0 bridgehead atoms. The molecular weight excluding hydrogens is 374 g/mol. The minimum absolute atomic E-state index is 0.228. The van der Waals surface area contributed by atoms with Crippen LogP contribution in [0.15, 0.2) is 45.6 Å². The zero-order valence-electron chi connectivity index (χ0n) is 16.0. The average Bonchev–Trinajstić information content (AvgIpc) is 3.28. The van der Waals surface area contributed by atoms with Crippen molar-refractivity contribution in [2.45, 2.75) is 39.8 Å². The van der Waals surface area contributed by atoms with Crippen molar-refractivity contribution in [1.29, 1.82) is 0 Å². The van der Waals surface area contributed by atoms with E-state index >= 15 is 0 Å². The molecule has 6 nitrogen and oxygen atoms in total. The summed E-state index contributed by atoms with van der Waals surface area (Å²) in [5, 5.41) is 8.89. The molecule has 1 N–H and O–H groups in total. The number of hydrogen-bond donors (Lipinski definition) is 1. The van der Waals surface area contributed by atoms with Crippen LogP contribution in [0.4, 0.5) is 0 Å². The monoisotopic (exact) mass is 395 g/mol. The molecule has 0 radical (unpaired) electrons. The number of fused-ring (bicyclic) bond motifs is 3. The first-order valence-electron chi connectivity index (χ1n) is 9.23. The SMILES string of the molecule is CCC(C(=O)NCc1ccc(C)o1)n1nc(C)c2sc3ccccc3c2c1=O. The molecule has 144 valence electrons. The molecule has 1 atom stereocenters. The van der Waals surface area contributed by atoms with E-state index in [0.29, 0.717) is 17.6 Å². The molecule has 1 amide bonds. The molecule has 0 aliphatic carbocycles. The molecule has 7 heteroatoms. The van der Waals surface area contributed by atoms with E-state index in [4.69, 9.17) is 4.42 Å². The minimum Gasteiger partial charge on any atom is -0.465 e. The third kappa shape index (κ3) is 3.11. The van der Waals surface area contributed by atoms with Gasteiger partial charge in [-0.15, -0.1) is 11.3 Å².